The molecular weight excluding hydrogens is 282 g/mol. The summed E-state index contributed by atoms with van der Waals surface area (Å²) in [6.07, 6.45) is 1.83. The highest BCUT2D eigenvalue weighted by Crippen LogP contribution is 2.14. The summed E-state index contributed by atoms with van der Waals surface area (Å²) in [6, 6.07) is 0. The van der Waals surface area contributed by atoms with E-state index in [-0.39, 0.29) is 12.5 Å². The topological polar surface area (TPSA) is 87.7 Å². The highest BCUT2D eigenvalue weighted by Gasteiger charge is 2.27. The van der Waals surface area contributed by atoms with E-state index < -0.39 is 16.3 Å². The van der Waals surface area contributed by atoms with Crippen molar-refractivity contribution in [1.29, 1.82) is 0 Å². The zero-order valence-corrected chi connectivity index (χ0v) is 13.0. The van der Waals surface area contributed by atoms with Gasteiger partial charge in [-0.15, -0.1) is 0 Å². The van der Waals surface area contributed by atoms with Crippen molar-refractivity contribution in [2.75, 3.05) is 32.8 Å². The Bertz CT molecular complexity index is 394. The molecule has 1 heterocycles. The van der Waals surface area contributed by atoms with Crippen LogP contribution in [0.5, 0.6) is 0 Å². The number of amides is 1. The largest absolute Gasteiger partial charge is 0.449 e. The van der Waals surface area contributed by atoms with Gasteiger partial charge >= 0.3 is 16.3 Å². The van der Waals surface area contributed by atoms with E-state index in [0.29, 0.717) is 19.5 Å². The first-order chi connectivity index (χ1) is 9.49. The molecule has 20 heavy (non-hydrogen) atoms. The standard InChI is InChI=1S/C12H25N3O4S/c1-3-8-15(10-11-6-5-7-13-9-11)20(17,18)14-12(16)19-4-2/h11,13H,3-10H2,1-2H3,(H,14,16). The van der Waals surface area contributed by atoms with Crippen LogP contribution >= 0.6 is 0 Å². The molecular formula is C12H25N3O4S. The molecule has 0 radical (unpaired) electrons. The zero-order valence-electron chi connectivity index (χ0n) is 12.2. The molecule has 8 heteroatoms. The molecule has 1 fully saturated rings. The SMILES string of the molecule is CCCN(CC1CCCNC1)S(=O)(=O)NC(=O)OCC. The number of rotatable bonds is 7. The van der Waals surface area contributed by atoms with Gasteiger partial charge in [0.05, 0.1) is 6.61 Å². The average Bonchev–Trinajstić information content (AvgIpc) is 2.39. The predicted octanol–water partition coefficient (Wildman–Crippen LogP) is 0.689. The molecule has 1 saturated heterocycles. The molecule has 1 unspecified atom stereocenters. The number of nitrogens with one attached hydrogen (secondary N) is 2. The summed E-state index contributed by atoms with van der Waals surface area (Å²) in [5.74, 6) is 0.286. The fourth-order valence-electron chi connectivity index (χ4n) is 2.26. The Labute approximate surface area is 121 Å². The maximum absolute atomic E-state index is 12.2. The highest BCUT2D eigenvalue weighted by atomic mass is 32.2. The smallest absolute Gasteiger partial charge is 0.421 e. The van der Waals surface area contributed by atoms with Crippen molar-refractivity contribution in [3.63, 3.8) is 0 Å². The quantitative estimate of drug-likeness (QED) is 0.722. The van der Waals surface area contributed by atoms with Gasteiger partial charge < -0.3 is 10.1 Å². The van der Waals surface area contributed by atoms with Crippen LogP contribution in [0.2, 0.25) is 0 Å². The summed E-state index contributed by atoms with van der Waals surface area (Å²) in [6.45, 7) is 6.30. The summed E-state index contributed by atoms with van der Waals surface area (Å²) in [5.41, 5.74) is 0. The van der Waals surface area contributed by atoms with Crippen LogP contribution in [0.3, 0.4) is 0 Å². The monoisotopic (exact) mass is 307 g/mol. The van der Waals surface area contributed by atoms with Crippen LogP contribution in [-0.2, 0) is 14.9 Å². The average molecular weight is 307 g/mol. The molecule has 2 N–H and O–H groups in total. The minimum atomic E-state index is -3.82. The van der Waals surface area contributed by atoms with Crippen LogP contribution < -0.4 is 10.0 Å². The summed E-state index contributed by atoms with van der Waals surface area (Å²) in [7, 11) is -3.82. The summed E-state index contributed by atoms with van der Waals surface area (Å²) in [4.78, 5) is 11.3. The summed E-state index contributed by atoms with van der Waals surface area (Å²) in [5, 5.41) is 3.26. The van der Waals surface area contributed by atoms with Crippen LogP contribution in [-0.4, -0.2) is 51.6 Å². The third-order valence-corrected chi connectivity index (χ3v) is 4.60. The molecule has 118 valence electrons. The fraction of sp³-hybridized carbons (Fsp3) is 0.917. The Morgan fingerprint density at radius 1 is 1.45 bits per heavy atom. The minimum absolute atomic E-state index is 0.141. The third-order valence-electron chi connectivity index (χ3n) is 3.16. The molecule has 0 spiro atoms. The maximum Gasteiger partial charge on any atom is 0.421 e. The molecule has 0 aromatic rings. The Hall–Kier alpha value is -0.860. The first kappa shape index (κ1) is 17.2. The van der Waals surface area contributed by atoms with Gasteiger partial charge in [0.2, 0.25) is 0 Å². The van der Waals surface area contributed by atoms with Crippen molar-refractivity contribution in [3.8, 4) is 0 Å². The number of piperidine rings is 1. The van der Waals surface area contributed by atoms with E-state index in [0.717, 1.165) is 25.9 Å². The van der Waals surface area contributed by atoms with E-state index in [2.05, 4.69) is 10.1 Å². The zero-order chi connectivity index (χ0) is 15.0. The predicted molar refractivity (Wildman–Crippen MR) is 76.5 cm³/mol. The second-order valence-corrected chi connectivity index (χ2v) is 6.57. The highest BCUT2D eigenvalue weighted by molar-refractivity contribution is 7.87. The minimum Gasteiger partial charge on any atom is -0.449 e. The Morgan fingerprint density at radius 3 is 2.75 bits per heavy atom. The number of carbonyl (C=O) groups excluding carboxylic acids is 1. The van der Waals surface area contributed by atoms with Crippen molar-refractivity contribution in [2.24, 2.45) is 5.92 Å². The molecule has 0 aliphatic carbocycles. The van der Waals surface area contributed by atoms with Gasteiger partial charge in [0.25, 0.3) is 0 Å². The third kappa shape index (κ3) is 5.64. The summed E-state index contributed by atoms with van der Waals surface area (Å²) < 4.78 is 32.3. The Kier molecular flexibility index (Phi) is 7.25. The second kappa shape index (κ2) is 8.43. The van der Waals surface area contributed by atoms with Gasteiger partial charge in [0, 0.05) is 13.1 Å². The van der Waals surface area contributed by atoms with Crippen LogP contribution in [0.25, 0.3) is 0 Å². The maximum atomic E-state index is 12.2. The van der Waals surface area contributed by atoms with Gasteiger partial charge in [-0.1, -0.05) is 6.92 Å². The number of hydrogen-bond donors (Lipinski definition) is 2. The lowest BCUT2D eigenvalue weighted by atomic mass is 10.00. The van der Waals surface area contributed by atoms with Crippen LogP contribution in [0.1, 0.15) is 33.1 Å². The van der Waals surface area contributed by atoms with E-state index in [1.165, 1.54) is 4.31 Å². The van der Waals surface area contributed by atoms with Crippen molar-refractivity contribution in [2.45, 2.75) is 33.1 Å². The van der Waals surface area contributed by atoms with E-state index in [1.807, 2.05) is 11.6 Å². The van der Waals surface area contributed by atoms with Crippen molar-refractivity contribution in [1.82, 2.24) is 14.3 Å². The molecule has 1 rings (SSSR count). The van der Waals surface area contributed by atoms with Crippen LogP contribution in [0.4, 0.5) is 4.79 Å². The van der Waals surface area contributed by atoms with Crippen LogP contribution in [0, 0.1) is 5.92 Å². The number of carbonyl (C=O) groups is 1. The lowest BCUT2D eigenvalue weighted by Gasteiger charge is -2.29. The first-order valence-corrected chi connectivity index (χ1v) is 8.59. The fourth-order valence-corrected chi connectivity index (χ4v) is 3.49. The van der Waals surface area contributed by atoms with E-state index >= 15 is 0 Å². The molecule has 0 saturated carbocycles. The lowest BCUT2D eigenvalue weighted by Crippen LogP contribution is -2.47. The van der Waals surface area contributed by atoms with Gasteiger partial charge in [-0.2, -0.15) is 12.7 Å². The summed E-state index contributed by atoms with van der Waals surface area (Å²) >= 11 is 0. The number of ether oxygens (including phenoxy) is 1. The van der Waals surface area contributed by atoms with Gasteiger partial charge in [-0.3, -0.25) is 0 Å². The Balaban J connectivity index is 2.64. The Morgan fingerprint density at radius 2 is 2.20 bits per heavy atom. The van der Waals surface area contributed by atoms with Gasteiger partial charge in [-0.25, -0.2) is 9.52 Å². The van der Waals surface area contributed by atoms with Gasteiger partial charge in [0.15, 0.2) is 0 Å². The number of hydrogen-bond acceptors (Lipinski definition) is 5. The normalized spacial score (nSPS) is 19.9. The van der Waals surface area contributed by atoms with Crippen molar-refractivity contribution >= 4 is 16.3 Å². The van der Waals surface area contributed by atoms with Crippen molar-refractivity contribution in [3.05, 3.63) is 0 Å². The lowest BCUT2D eigenvalue weighted by molar-refractivity contribution is 0.157. The van der Waals surface area contributed by atoms with E-state index in [4.69, 9.17) is 0 Å². The van der Waals surface area contributed by atoms with Gasteiger partial charge in [-0.05, 0) is 45.2 Å². The first-order valence-electron chi connectivity index (χ1n) is 7.15. The molecule has 1 aliphatic rings. The van der Waals surface area contributed by atoms with E-state index in [9.17, 15) is 13.2 Å². The van der Waals surface area contributed by atoms with Crippen molar-refractivity contribution < 1.29 is 17.9 Å². The molecule has 1 amide bonds. The molecule has 0 aromatic carbocycles. The molecule has 0 bridgehead atoms. The molecule has 1 aliphatic heterocycles. The molecule has 0 aromatic heterocycles. The van der Waals surface area contributed by atoms with Crippen LogP contribution in [0.15, 0.2) is 0 Å². The van der Waals surface area contributed by atoms with E-state index in [1.54, 1.807) is 6.92 Å². The number of nitrogens with zero attached hydrogens (tertiary/aromatic N) is 1. The van der Waals surface area contributed by atoms with Gasteiger partial charge in [0.1, 0.15) is 0 Å². The molecule has 1 atom stereocenters. The second-order valence-electron chi connectivity index (χ2n) is 4.90. The molecule has 7 nitrogen and oxygen atoms in total.